The molecule has 3 unspecified atom stereocenters. The molecule has 0 saturated carbocycles. The second kappa shape index (κ2) is 15.0. The van der Waals surface area contributed by atoms with E-state index in [1.54, 1.807) is 20.1 Å². The number of carbonyl (C=O) groups is 2. The molecule has 0 aromatic heterocycles. The van der Waals surface area contributed by atoms with Crippen molar-refractivity contribution < 1.29 is 29.3 Å². The summed E-state index contributed by atoms with van der Waals surface area (Å²) in [5, 5.41) is 34.4. The highest BCUT2D eigenvalue weighted by atomic mass is 35.5. The predicted octanol–water partition coefficient (Wildman–Crippen LogP) is 6.09. The number of methoxy groups -OCH3 is 1. The van der Waals surface area contributed by atoms with Crippen LogP contribution in [-0.4, -0.2) is 66.1 Å². The minimum atomic E-state index is -1.46. The van der Waals surface area contributed by atoms with Crippen molar-refractivity contribution in [3.8, 4) is 28.0 Å². The first kappa shape index (κ1) is 34.7. The molecule has 1 saturated heterocycles. The van der Waals surface area contributed by atoms with E-state index in [1.807, 2.05) is 62.4 Å². The normalized spacial score (nSPS) is 23.8. The van der Waals surface area contributed by atoms with E-state index in [0.717, 1.165) is 39.8 Å². The zero-order chi connectivity index (χ0) is 33.8. The van der Waals surface area contributed by atoms with Gasteiger partial charge in [-0.25, -0.2) is 0 Å². The van der Waals surface area contributed by atoms with E-state index in [4.69, 9.17) is 26.5 Å². The summed E-state index contributed by atoms with van der Waals surface area (Å²) in [6, 6.07) is 17.2. The minimum absolute atomic E-state index is 0.0279. The number of benzene rings is 3. The van der Waals surface area contributed by atoms with Gasteiger partial charge in [-0.05, 0) is 42.5 Å². The lowest BCUT2D eigenvalue weighted by molar-refractivity contribution is -0.125. The maximum Gasteiger partial charge on any atom is 0.161 e. The Balaban J connectivity index is 1.42. The highest BCUT2D eigenvalue weighted by Gasteiger charge is 2.31. The number of aliphatic hydroxyl groups excluding tert-OH is 2. The maximum absolute atomic E-state index is 13.0. The molecule has 5 atom stereocenters. The monoisotopic (exact) mass is 658 g/mol. The second-order valence-electron chi connectivity index (χ2n) is 12.6. The van der Waals surface area contributed by atoms with Gasteiger partial charge in [-0.1, -0.05) is 80.1 Å². The largest absolute Gasteiger partial charge is 0.496 e. The molecule has 3 aromatic rings. The van der Waals surface area contributed by atoms with Gasteiger partial charge in [0.1, 0.15) is 17.6 Å². The van der Waals surface area contributed by atoms with Gasteiger partial charge in [0.15, 0.2) is 5.78 Å². The molecule has 47 heavy (non-hydrogen) atoms. The van der Waals surface area contributed by atoms with Gasteiger partial charge in [-0.15, -0.1) is 0 Å². The van der Waals surface area contributed by atoms with E-state index in [-0.39, 0.29) is 41.2 Å². The Morgan fingerprint density at radius 2 is 1.81 bits per heavy atom. The molecule has 5 rings (SSSR count). The summed E-state index contributed by atoms with van der Waals surface area (Å²) in [7, 11) is 1.63. The Kier molecular flexibility index (Phi) is 11.1. The van der Waals surface area contributed by atoms with Gasteiger partial charge in [-0.3, -0.25) is 9.59 Å². The third kappa shape index (κ3) is 7.42. The highest BCUT2D eigenvalue weighted by molar-refractivity contribution is 6.36. The van der Waals surface area contributed by atoms with Crippen LogP contribution in [0.2, 0.25) is 5.02 Å². The number of nitrogens with one attached hydrogen (secondary N) is 2. The molecule has 9 heteroatoms. The number of carbonyl (C=O) groups excluding carboxylic acids is 2. The summed E-state index contributed by atoms with van der Waals surface area (Å²) in [5.74, 6) is -0.265. The van der Waals surface area contributed by atoms with Gasteiger partial charge in [0.2, 0.25) is 0 Å². The van der Waals surface area contributed by atoms with Gasteiger partial charge in [0.25, 0.3) is 0 Å². The molecule has 0 radical (unpaired) electrons. The van der Waals surface area contributed by atoms with Crippen LogP contribution < -0.4 is 10.1 Å². The third-order valence-electron chi connectivity index (χ3n) is 9.45. The molecule has 4 N–H and O–H groups in total. The van der Waals surface area contributed by atoms with Crippen molar-refractivity contribution in [3.05, 3.63) is 88.0 Å². The summed E-state index contributed by atoms with van der Waals surface area (Å²) < 4.78 is 11.1. The van der Waals surface area contributed by atoms with E-state index in [1.165, 1.54) is 6.08 Å². The van der Waals surface area contributed by atoms with E-state index < -0.39 is 18.1 Å². The van der Waals surface area contributed by atoms with Crippen molar-refractivity contribution in [1.29, 1.82) is 5.41 Å². The Morgan fingerprint density at radius 1 is 1.09 bits per heavy atom. The third-order valence-corrected chi connectivity index (χ3v) is 9.86. The van der Waals surface area contributed by atoms with Crippen LogP contribution in [0.15, 0.2) is 66.2 Å². The Labute approximate surface area is 281 Å². The summed E-state index contributed by atoms with van der Waals surface area (Å²) in [4.78, 5) is 25.7. The SMILES string of the molecule is COc1cc(-c2cccc(-c3cccc(C(=N)C(O)/C4=C/C(C)C(=O)C(C)CCC4=O)c3C)c2Cl)ccc1CN[C@@H]1CCOC[C@@H]1O. The lowest BCUT2D eigenvalue weighted by Gasteiger charge is -2.28. The fourth-order valence-corrected chi connectivity index (χ4v) is 6.85. The van der Waals surface area contributed by atoms with Crippen molar-refractivity contribution >= 4 is 28.9 Å². The first-order valence-electron chi connectivity index (χ1n) is 16.1. The average Bonchev–Trinajstić information content (AvgIpc) is 3.08. The molecule has 8 nitrogen and oxygen atoms in total. The topological polar surface area (TPSA) is 129 Å². The van der Waals surface area contributed by atoms with Crippen molar-refractivity contribution in [2.24, 2.45) is 11.8 Å². The van der Waals surface area contributed by atoms with Crippen LogP contribution in [0.25, 0.3) is 22.3 Å². The lowest BCUT2D eigenvalue weighted by atomic mass is 9.82. The van der Waals surface area contributed by atoms with Crippen molar-refractivity contribution in [2.45, 2.75) is 64.8 Å². The molecule has 1 heterocycles. The van der Waals surface area contributed by atoms with Crippen LogP contribution in [-0.2, 0) is 20.9 Å². The molecule has 3 aromatic carbocycles. The molecule has 1 aliphatic heterocycles. The van der Waals surface area contributed by atoms with Crippen LogP contribution in [0, 0.1) is 24.2 Å². The molecule has 1 aliphatic carbocycles. The van der Waals surface area contributed by atoms with Gasteiger partial charge >= 0.3 is 0 Å². The van der Waals surface area contributed by atoms with Crippen LogP contribution in [0.1, 0.15) is 49.8 Å². The van der Waals surface area contributed by atoms with Crippen LogP contribution in [0.5, 0.6) is 5.75 Å². The Bertz CT molecular complexity index is 1700. The van der Waals surface area contributed by atoms with E-state index >= 15 is 0 Å². The molecular weight excluding hydrogens is 616 g/mol. The zero-order valence-corrected chi connectivity index (χ0v) is 28.1. The molecule has 248 valence electrons. The number of halogens is 1. The van der Waals surface area contributed by atoms with Gasteiger partial charge in [0, 0.05) is 65.3 Å². The molecule has 1 fully saturated rings. The van der Waals surface area contributed by atoms with E-state index in [2.05, 4.69) is 5.32 Å². The fourth-order valence-electron chi connectivity index (χ4n) is 6.52. The number of rotatable bonds is 9. The Hall–Kier alpha value is -3.66. The minimum Gasteiger partial charge on any atom is -0.496 e. The van der Waals surface area contributed by atoms with Gasteiger partial charge in [0.05, 0.1) is 30.6 Å². The second-order valence-corrected chi connectivity index (χ2v) is 13.0. The number of hydrogen-bond donors (Lipinski definition) is 4. The number of Topliss-reactive ketones (excluding diaryl/α,β-unsaturated/α-hetero) is 2. The van der Waals surface area contributed by atoms with Crippen LogP contribution in [0.4, 0.5) is 0 Å². The standard InChI is InChI=1S/C38H43ClN2O6/c1-21-11-14-32(42)30(17-22(2)37(21)44)38(45)36(40)27-8-5-7-26(23(27)3)29-10-6-9-28(35(29)39)24-12-13-25(34(18-24)46-4)19-41-31-15-16-47-20-33(31)43/h5-10,12-13,17-18,21-22,31,33,38,40-41,43,45H,11,14-16,19-20H2,1-4H3/b30-17+,40-36?/t21?,22?,31-,33+,38?/m1/s1. The summed E-state index contributed by atoms with van der Waals surface area (Å²) >= 11 is 7.09. The lowest BCUT2D eigenvalue weighted by Crippen LogP contribution is -2.46. The number of hydrogen-bond acceptors (Lipinski definition) is 8. The zero-order valence-electron chi connectivity index (χ0n) is 27.3. The van der Waals surface area contributed by atoms with Gasteiger partial charge < -0.3 is 30.4 Å². The predicted molar refractivity (Wildman–Crippen MR) is 184 cm³/mol. The van der Waals surface area contributed by atoms with Crippen molar-refractivity contribution in [1.82, 2.24) is 5.32 Å². The summed E-state index contributed by atoms with van der Waals surface area (Å²) in [6.07, 6.45) is 0.829. The molecule has 0 amide bonds. The van der Waals surface area contributed by atoms with Crippen molar-refractivity contribution in [2.75, 3.05) is 20.3 Å². The van der Waals surface area contributed by atoms with Gasteiger partial charge in [-0.2, -0.15) is 0 Å². The number of allylic oxidation sites excluding steroid dienone is 1. The quantitative estimate of drug-likeness (QED) is 0.205. The first-order chi connectivity index (χ1) is 22.5. The van der Waals surface area contributed by atoms with E-state index in [9.17, 15) is 19.8 Å². The average molecular weight is 659 g/mol. The number of ether oxygens (including phenoxy) is 2. The highest BCUT2D eigenvalue weighted by Crippen LogP contribution is 2.40. The van der Waals surface area contributed by atoms with Crippen LogP contribution >= 0.6 is 11.6 Å². The van der Waals surface area contributed by atoms with Crippen LogP contribution in [0.3, 0.4) is 0 Å². The van der Waals surface area contributed by atoms with Crippen molar-refractivity contribution in [3.63, 3.8) is 0 Å². The molecular formula is C38H43ClN2O6. The maximum atomic E-state index is 13.0. The Morgan fingerprint density at radius 3 is 2.55 bits per heavy atom. The number of ketones is 2. The number of aliphatic hydroxyl groups is 2. The smallest absolute Gasteiger partial charge is 0.161 e. The first-order valence-corrected chi connectivity index (χ1v) is 16.5. The summed E-state index contributed by atoms with van der Waals surface area (Å²) in [6.45, 7) is 6.89. The molecule has 0 bridgehead atoms. The van der Waals surface area contributed by atoms with E-state index in [0.29, 0.717) is 42.5 Å². The molecule has 0 spiro atoms. The fraction of sp³-hybridized carbons (Fsp3) is 0.395. The molecule has 2 aliphatic rings. The summed E-state index contributed by atoms with van der Waals surface area (Å²) in [5.41, 5.74) is 5.41.